The standard InChI is InChI=1S/C11H15N3/c1-9(2)11(3)8-12-14-7-5-4-6-10(14)13-11/h4-9H,1-3H3. The topological polar surface area (TPSA) is 28.0 Å². The summed E-state index contributed by atoms with van der Waals surface area (Å²) < 4.78 is 0. The van der Waals surface area contributed by atoms with Crippen LogP contribution in [0.2, 0.25) is 0 Å². The summed E-state index contributed by atoms with van der Waals surface area (Å²) in [7, 11) is 0. The minimum atomic E-state index is -0.165. The quantitative estimate of drug-likeness (QED) is 0.621. The Bertz CT molecular complexity index is 350. The van der Waals surface area contributed by atoms with Gasteiger partial charge in [0.1, 0.15) is 5.84 Å². The molecule has 14 heavy (non-hydrogen) atoms. The van der Waals surface area contributed by atoms with Gasteiger partial charge in [0.25, 0.3) is 0 Å². The van der Waals surface area contributed by atoms with Crippen LogP contribution < -0.4 is 0 Å². The molecular formula is C11H15N3. The highest BCUT2D eigenvalue weighted by Gasteiger charge is 2.30. The molecule has 1 unspecified atom stereocenters. The van der Waals surface area contributed by atoms with Gasteiger partial charge in [0.15, 0.2) is 0 Å². The SMILES string of the molecule is CC(C)C1(C)C=NN2C=CC=CC2=N1. The molecular weight excluding hydrogens is 174 g/mol. The zero-order valence-electron chi connectivity index (χ0n) is 8.81. The normalized spacial score (nSPS) is 29.4. The summed E-state index contributed by atoms with van der Waals surface area (Å²) in [5.74, 6) is 1.38. The molecule has 0 bridgehead atoms. The molecule has 2 aliphatic heterocycles. The van der Waals surface area contributed by atoms with Gasteiger partial charge < -0.3 is 0 Å². The third-order valence-corrected chi connectivity index (χ3v) is 2.79. The predicted molar refractivity (Wildman–Crippen MR) is 59.3 cm³/mol. The van der Waals surface area contributed by atoms with Gasteiger partial charge in [-0.05, 0) is 25.0 Å². The van der Waals surface area contributed by atoms with E-state index in [2.05, 4.69) is 25.9 Å². The first-order chi connectivity index (χ1) is 6.62. The number of hydrogen-bond donors (Lipinski definition) is 0. The zero-order valence-corrected chi connectivity index (χ0v) is 8.81. The van der Waals surface area contributed by atoms with Crippen molar-refractivity contribution >= 4 is 12.1 Å². The first kappa shape index (κ1) is 9.19. The molecule has 0 aromatic heterocycles. The van der Waals surface area contributed by atoms with Crippen LogP contribution in [-0.2, 0) is 0 Å². The second kappa shape index (κ2) is 3.08. The molecule has 2 heterocycles. The Balaban J connectivity index is 2.34. The molecule has 0 fully saturated rings. The van der Waals surface area contributed by atoms with Crippen molar-refractivity contribution in [1.29, 1.82) is 0 Å². The van der Waals surface area contributed by atoms with Crippen LogP contribution in [0.1, 0.15) is 20.8 Å². The van der Waals surface area contributed by atoms with Crippen LogP contribution in [0.4, 0.5) is 0 Å². The van der Waals surface area contributed by atoms with E-state index >= 15 is 0 Å². The number of aliphatic imine (C=N–C) groups is 1. The lowest BCUT2D eigenvalue weighted by Gasteiger charge is -2.32. The molecule has 0 aromatic rings. The van der Waals surface area contributed by atoms with Crippen LogP contribution in [-0.4, -0.2) is 22.6 Å². The predicted octanol–water partition coefficient (Wildman–Crippen LogP) is 2.18. The van der Waals surface area contributed by atoms with Crippen LogP contribution in [0.25, 0.3) is 0 Å². The fraction of sp³-hybridized carbons (Fsp3) is 0.455. The monoisotopic (exact) mass is 189 g/mol. The van der Waals surface area contributed by atoms with E-state index in [9.17, 15) is 0 Å². The lowest BCUT2D eigenvalue weighted by atomic mass is 9.90. The zero-order chi connectivity index (χ0) is 10.2. The van der Waals surface area contributed by atoms with E-state index < -0.39 is 0 Å². The Labute approximate surface area is 84.5 Å². The molecule has 0 saturated carbocycles. The molecule has 0 radical (unpaired) electrons. The number of hydrogen-bond acceptors (Lipinski definition) is 3. The first-order valence-corrected chi connectivity index (χ1v) is 4.91. The minimum absolute atomic E-state index is 0.165. The van der Waals surface area contributed by atoms with E-state index in [1.165, 1.54) is 0 Å². The third kappa shape index (κ3) is 1.39. The van der Waals surface area contributed by atoms with Crippen molar-refractivity contribution in [3.05, 3.63) is 24.4 Å². The molecule has 0 aromatic carbocycles. The largest absolute Gasteiger partial charge is 0.254 e. The van der Waals surface area contributed by atoms with Crippen molar-refractivity contribution in [3.8, 4) is 0 Å². The second-order valence-electron chi connectivity index (χ2n) is 4.14. The van der Waals surface area contributed by atoms with Gasteiger partial charge in [0.2, 0.25) is 0 Å². The van der Waals surface area contributed by atoms with Crippen molar-refractivity contribution in [2.75, 3.05) is 0 Å². The summed E-state index contributed by atoms with van der Waals surface area (Å²) in [5.41, 5.74) is -0.165. The lowest BCUT2D eigenvalue weighted by Crippen LogP contribution is -2.39. The van der Waals surface area contributed by atoms with Crippen LogP contribution in [0, 0.1) is 5.92 Å². The molecule has 0 saturated heterocycles. The van der Waals surface area contributed by atoms with Crippen LogP contribution in [0.15, 0.2) is 34.5 Å². The molecule has 1 atom stereocenters. The molecule has 3 nitrogen and oxygen atoms in total. The van der Waals surface area contributed by atoms with E-state index in [4.69, 9.17) is 4.99 Å². The van der Waals surface area contributed by atoms with Crippen LogP contribution in [0.5, 0.6) is 0 Å². The van der Waals surface area contributed by atoms with Crippen LogP contribution >= 0.6 is 0 Å². The fourth-order valence-corrected chi connectivity index (χ4v) is 1.34. The van der Waals surface area contributed by atoms with Gasteiger partial charge in [-0.25, -0.2) is 5.01 Å². The Morgan fingerprint density at radius 2 is 2.14 bits per heavy atom. The number of allylic oxidation sites excluding steroid dienone is 2. The minimum Gasteiger partial charge on any atom is -0.254 e. The summed E-state index contributed by atoms with van der Waals surface area (Å²) >= 11 is 0. The Hall–Kier alpha value is -1.38. The highest BCUT2D eigenvalue weighted by Crippen LogP contribution is 2.24. The van der Waals surface area contributed by atoms with Gasteiger partial charge in [0, 0.05) is 6.20 Å². The summed E-state index contributed by atoms with van der Waals surface area (Å²) in [6.45, 7) is 6.43. The molecule has 0 amide bonds. The highest BCUT2D eigenvalue weighted by molar-refractivity contribution is 5.98. The summed E-state index contributed by atoms with van der Waals surface area (Å²) in [6.07, 6.45) is 9.75. The molecule has 74 valence electrons. The number of amidine groups is 1. The average Bonchev–Trinajstić information content (AvgIpc) is 2.17. The lowest BCUT2D eigenvalue weighted by molar-refractivity contribution is 0.428. The number of nitrogens with zero attached hydrogens (tertiary/aromatic N) is 3. The molecule has 2 rings (SSSR count). The Morgan fingerprint density at radius 3 is 2.86 bits per heavy atom. The van der Waals surface area contributed by atoms with Crippen molar-refractivity contribution in [2.24, 2.45) is 16.0 Å². The Morgan fingerprint density at radius 1 is 1.36 bits per heavy atom. The molecule has 3 heteroatoms. The van der Waals surface area contributed by atoms with E-state index in [0.717, 1.165) is 5.84 Å². The molecule has 0 aliphatic carbocycles. The number of hydrazone groups is 1. The maximum Gasteiger partial charge on any atom is 0.149 e. The fourth-order valence-electron chi connectivity index (χ4n) is 1.34. The summed E-state index contributed by atoms with van der Waals surface area (Å²) in [5, 5.41) is 6.16. The maximum atomic E-state index is 4.69. The van der Waals surface area contributed by atoms with Gasteiger partial charge in [-0.2, -0.15) is 5.10 Å². The first-order valence-electron chi connectivity index (χ1n) is 4.91. The highest BCUT2D eigenvalue weighted by atomic mass is 15.5. The van der Waals surface area contributed by atoms with Gasteiger partial charge in [0.05, 0.1) is 11.8 Å². The summed E-state index contributed by atoms with van der Waals surface area (Å²) in [4.78, 5) is 4.69. The maximum absolute atomic E-state index is 4.69. The number of rotatable bonds is 1. The summed E-state index contributed by atoms with van der Waals surface area (Å²) in [6, 6.07) is 0. The van der Waals surface area contributed by atoms with Crippen molar-refractivity contribution < 1.29 is 0 Å². The molecule has 0 N–H and O–H groups in total. The second-order valence-corrected chi connectivity index (χ2v) is 4.14. The van der Waals surface area contributed by atoms with Gasteiger partial charge in [-0.3, -0.25) is 4.99 Å². The molecule has 0 spiro atoms. The van der Waals surface area contributed by atoms with Gasteiger partial charge in [-0.1, -0.05) is 19.9 Å². The van der Waals surface area contributed by atoms with Gasteiger partial charge >= 0.3 is 0 Å². The van der Waals surface area contributed by atoms with Crippen molar-refractivity contribution in [3.63, 3.8) is 0 Å². The van der Waals surface area contributed by atoms with Crippen molar-refractivity contribution in [2.45, 2.75) is 26.3 Å². The average molecular weight is 189 g/mol. The molecule has 2 aliphatic rings. The van der Waals surface area contributed by atoms with E-state index in [1.807, 2.05) is 30.6 Å². The van der Waals surface area contributed by atoms with E-state index in [-0.39, 0.29) is 5.54 Å². The third-order valence-electron chi connectivity index (χ3n) is 2.79. The van der Waals surface area contributed by atoms with E-state index in [1.54, 1.807) is 5.01 Å². The van der Waals surface area contributed by atoms with E-state index in [0.29, 0.717) is 5.92 Å². The number of fused-ring (bicyclic) bond motifs is 1. The van der Waals surface area contributed by atoms with Crippen LogP contribution in [0.3, 0.4) is 0 Å². The van der Waals surface area contributed by atoms with Gasteiger partial charge in [-0.15, -0.1) is 0 Å². The smallest absolute Gasteiger partial charge is 0.149 e. The Kier molecular flexibility index (Phi) is 2.02. The van der Waals surface area contributed by atoms with Crippen molar-refractivity contribution in [1.82, 2.24) is 5.01 Å².